The molecule has 0 spiro atoms. The van der Waals surface area contributed by atoms with Crippen molar-refractivity contribution in [3.8, 4) is 0 Å². The van der Waals surface area contributed by atoms with Gasteiger partial charge in [0.1, 0.15) is 0 Å². The second kappa shape index (κ2) is 6.66. The number of hydrogen-bond acceptors (Lipinski definition) is 0. The van der Waals surface area contributed by atoms with E-state index in [0.29, 0.717) is 0 Å². The number of rotatable bonds is 7. The van der Waals surface area contributed by atoms with Crippen LogP contribution in [0.4, 0.5) is 79.0 Å². The predicted molar refractivity (Wildman–Crippen MR) is 56.2 cm³/mol. The van der Waals surface area contributed by atoms with Crippen LogP contribution in [0.1, 0.15) is 0 Å². The summed E-state index contributed by atoms with van der Waals surface area (Å²) in [4.78, 5) is 0. The third kappa shape index (κ3) is 3.44. The van der Waals surface area contributed by atoms with E-state index in [1.807, 2.05) is 0 Å². The van der Waals surface area contributed by atoms with E-state index in [1.165, 1.54) is 0 Å². The zero-order valence-corrected chi connectivity index (χ0v) is 13.6. The number of alkyl halides is 20. The third-order valence-corrected chi connectivity index (χ3v) is 3.91. The van der Waals surface area contributed by atoms with E-state index < -0.39 is 52.2 Å². The second-order valence-corrected chi connectivity index (χ2v) is 6.01. The highest BCUT2D eigenvalue weighted by Crippen LogP contribution is 2.65. The molecule has 0 aliphatic heterocycles. The van der Waals surface area contributed by atoms with Gasteiger partial charge in [0, 0.05) is 0 Å². The van der Waals surface area contributed by atoms with Gasteiger partial charge in [0.05, 0.1) is 0 Å². The molecular formula is C9Cl2F18. The Morgan fingerprint density at radius 1 is 0.310 bits per heavy atom. The number of halogens is 20. The van der Waals surface area contributed by atoms with Gasteiger partial charge in [0.15, 0.2) is 0 Å². The molecule has 0 fully saturated rings. The molecule has 176 valence electrons. The molecule has 0 aromatic heterocycles. The minimum Gasteiger partial charge on any atom is -0.211 e. The topological polar surface area (TPSA) is 0 Å². The van der Waals surface area contributed by atoms with Gasteiger partial charge in [-0.25, -0.2) is 4.39 Å². The SMILES string of the molecule is FC(F)(F)C(F)(F)C(F)(F)C(F)(F)C(F)(F)C(F)(F)C(F)(F)C(F)(Cl)C(F)(F)Cl. The molecule has 0 saturated carbocycles. The molecular weight excluding hydrogens is 521 g/mol. The summed E-state index contributed by atoms with van der Waals surface area (Å²) in [5.74, 6) is -51.0. The van der Waals surface area contributed by atoms with Crippen molar-refractivity contribution in [1.29, 1.82) is 0 Å². The van der Waals surface area contributed by atoms with Gasteiger partial charge >= 0.3 is 52.2 Å². The zero-order valence-electron chi connectivity index (χ0n) is 12.1. The van der Waals surface area contributed by atoms with Gasteiger partial charge in [-0.05, 0) is 11.6 Å². The van der Waals surface area contributed by atoms with Crippen LogP contribution < -0.4 is 0 Å². The maximum atomic E-state index is 13.2. The lowest BCUT2D eigenvalue weighted by molar-refractivity contribution is -0.457. The van der Waals surface area contributed by atoms with Crippen LogP contribution in [-0.2, 0) is 0 Å². The van der Waals surface area contributed by atoms with Crippen LogP contribution in [0.3, 0.4) is 0 Å². The second-order valence-electron chi connectivity index (χ2n) is 5.02. The van der Waals surface area contributed by atoms with Crippen molar-refractivity contribution >= 4 is 23.2 Å². The Morgan fingerprint density at radius 3 is 0.724 bits per heavy atom. The van der Waals surface area contributed by atoms with Gasteiger partial charge in [0.2, 0.25) is 0 Å². The molecule has 0 rings (SSSR count). The van der Waals surface area contributed by atoms with Crippen molar-refractivity contribution < 1.29 is 79.0 Å². The molecule has 0 bridgehead atoms. The monoisotopic (exact) mass is 520 g/mol. The van der Waals surface area contributed by atoms with Gasteiger partial charge in [-0.1, -0.05) is 11.6 Å². The smallest absolute Gasteiger partial charge is 0.211 e. The van der Waals surface area contributed by atoms with Crippen LogP contribution in [0.25, 0.3) is 0 Å². The molecule has 0 amide bonds. The third-order valence-electron chi connectivity index (χ3n) is 3.08. The quantitative estimate of drug-likeness (QED) is 0.248. The molecule has 1 unspecified atom stereocenters. The highest BCUT2D eigenvalue weighted by atomic mass is 35.5. The first-order chi connectivity index (χ1) is 12.0. The Hall–Kier alpha value is -0.680. The summed E-state index contributed by atoms with van der Waals surface area (Å²) in [6, 6.07) is 0. The Balaban J connectivity index is 6.82. The van der Waals surface area contributed by atoms with Gasteiger partial charge in [-0.3, -0.25) is 0 Å². The van der Waals surface area contributed by atoms with Crippen molar-refractivity contribution in [1.82, 2.24) is 0 Å². The Labute approximate surface area is 155 Å². The fourth-order valence-electron chi connectivity index (χ4n) is 1.34. The summed E-state index contributed by atoms with van der Waals surface area (Å²) in [6.07, 6.45) is -7.84. The van der Waals surface area contributed by atoms with E-state index in [-0.39, 0.29) is 0 Å². The molecule has 1 atom stereocenters. The number of hydrogen-bond donors (Lipinski definition) is 0. The van der Waals surface area contributed by atoms with Crippen molar-refractivity contribution in [2.24, 2.45) is 0 Å². The van der Waals surface area contributed by atoms with E-state index in [9.17, 15) is 79.0 Å². The van der Waals surface area contributed by atoms with Crippen LogP contribution >= 0.6 is 23.2 Å². The van der Waals surface area contributed by atoms with Crippen LogP contribution in [0.5, 0.6) is 0 Å². The van der Waals surface area contributed by atoms with Gasteiger partial charge in [-0.2, -0.15) is 74.6 Å². The van der Waals surface area contributed by atoms with Crippen molar-refractivity contribution in [2.45, 2.75) is 52.2 Å². The molecule has 0 saturated heterocycles. The van der Waals surface area contributed by atoms with Crippen LogP contribution in [0.15, 0.2) is 0 Å². The Morgan fingerprint density at radius 2 is 0.517 bits per heavy atom. The lowest BCUT2D eigenvalue weighted by atomic mass is 9.89. The van der Waals surface area contributed by atoms with E-state index >= 15 is 0 Å². The summed E-state index contributed by atoms with van der Waals surface area (Å²) in [6.45, 7) is 0. The lowest BCUT2D eigenvalue weighted by Crippen LogP contribution is -2.75. The minimum atomic E-state index is -8.76. The molecule has 0 aliphatic rings. The average molecular weight is 521 g/mol. The first-order valence-electron chi connectivity index (χ1n) is 5.78. The first kappa shape index (κ1) is 28.3. The molecule has 0 nitrogen and oxygen atoms in total. The van der Waals surface area contributed by atoms with Gasteiger partial charge in [-0.15, -0.1) is 0 Å². The largest absolute Gasteiger partial charge is 0.460 e. The van der Waals surface area contributed by atoms with Crippen molar-refractivity contribution in [3.63, 3.8) is 0 Å². The van der Waals surface area contributed by atoms with E-state index in [2.05, 4.69) is 23.2 Å². The fraction of sp³-hybridized carbons (Fsp3) is 1.00. The highest BCUT2D eigenvalue weighted by Gasteiger charge is 2.96. The standard InChI is InChI=1S/C9Cl2F18/c10-1(12,8(11,25)26)2(13,14)3(15,16)4(17,18)5(19,20)6(21,22)7(23,24)9(27,28)29. The van der Waals surface area contributed by atoms with Gasteiger partial charge < -0.3 is 0 Å². The summed E-state index contributed by atoms with van der Waals surface area (Å²) >= 11 is 7.05. The van der Waals surface area contributed by atoms with Crippen molar-refractivity contribution in [2.75, 3.05) is 0 Å². The lowest BCUT2D eigenvalue weighted by Gasteiger charge is -2.43. The molecule has 0 N–H and O–H groups in total. The molecule has 0 aromatic carbocycles. The van der Waals surface area contributed by atoms with E-state index in [1.54, 1.807) is 0 Å². The maximum absolute atomic E-state index is 13.2. The predicted octanol–water partition coefficient (Wildman–Crippen LogP) is 7.10. The van der Waals surface area contributed by atoms with Crippen LogP contribution in [0.2, 0.25) is 0 Å². The normalized spacial score (nSPS) is 18.6. The summed E-state index contributed by atoms with van der Waals surface area (Å²) < 4.78 is 229. The van der Waals surface area contributed by atoms with Crippen LogP contribution in [0, 0.1) is 0 Å². The minimum absolute atomic E-state index is 3.50. The van der Waals surface area contributed by atoms with E-state index in [0.717, 1.165) is 0 Å². The molecule has 29 heavy (non-hydrogen) atoms. The molecule has 0 heterocycles. The zero-order chi connectivity index (χ0) is 24.5. The first-order valence-corrected chi connectivity index (χ1v) is 6.54. The summed E-state index contributed by atoms with van der Waals surface area (Å²) in [5, 5.41) is -13.5. The van der Waals surface area contributed by atoms with Crippen molar-refractivity contribution in [3.05, 3.63) is 0 Å². The maximum Gasteiger partial charge on any atom is 0.460 e. The molecule has 0 aromatic rings. The Bertz CT molecular complexity index is 558. The summed E-state index contributed by atoms with van der Waals surface area (Å²) in [7, 11) is 0. The fourth-order valence-corrected chi connectivity index (χ4v) is 1.58. The van der Waals surface area contributed by atoms with Gasteiger partial charge in [0.25, 0.3) is 0 Å². The summed E-state index contributed by atoms with van der Waals surface area (Å²) in [5.41, 5.74) is 0. The molecule has 0 aliphatic carbocycles. The highest BCUT2D eigenvalue weighted by molar-refractivity contribution is 6.33. The molecule has 0 radical (unpaired) electrons. The average Bonchev–Trinajstić information content (AvgIpc) is 2.43. The molecule has 20 heteroatoms. The van der Waals surface area contributed by atoms with Crippen LogP contribution in [-0.4, -0.2) is 52.2 Å². The Kier molecular flexibility index (Phi) is 6.50. The van der Waals surface area contributed by atoms with E-state index in [4.69, 9.17) is 0 Å².